The number of fused-ring (bicyclic) bond motifs is 1. The number of aromatic nitrogens is 3. The highest BCUT2D eigenvalue weighted by Gasteiger charge is 2.17. The van der Waals surface area contributed by atoms with Crippen molar-refractivity contribution >= 4 is 5.69 Å². The molecule has 0 spiro atoms. The number of anilines is 1. The molecule has 5 nitrogen and oxygen atoms in total. The molecular weight excluding hydrogens is 238 g/mol. The lowest BCUT2D eigenvalue weighted by Gasteiger charge is -2.29. The van der Waals surface area contributed by atoms with Gasteiger partial charge >= 0.3 is 0 Å². The molecule has 0 radical (unpaired) electrons. The SMILES string of the molecule is CNC(C)c1ccc(N2CCn3ccnc3C2)cn1. The van der Waals surface area contributed by atoms with Crippen molar-refractivity contribution in [2.24, 2.45) is 0 Å². The van der Waals surface area contributed by atoms with E-state index in [1.54, 1.807) is 0 Å². The lowest BCUT2D eigenvalue weighted by Crippen LogP contribution is -2.33. The maximum atomic E-state index is 4.54. The molecule has 3 rings (SSSR count). The largest absolute Gasteiger partial charge is 0.361 e. The Kier molecular flexibility index (Phi) is 3.21. The third-order valence-electron chi connectivity index (χ3n) is 3.76. The fraction of sp³-hybridized carbons (Fsp3) is 0.429. The first-order chi connectivity index (χ1) is 9.28. The molecule has 2 aromatic rings. The van der Waals surface area contributed by atoms with Crippen LogP contribution in [-0.2, 0) is 13.1 Å². The molecule has 0 aromatic carbocycles. The third kappa shape index (κ3) is 2.33. The van der Waals surface area contributed by atoms with Gasteiger partial charge in [-0.2, -0.15) is 0 Å². The monoisotopic (exact) mass is 257 g/mol. The molecule has 0 amide bonds. The van der Waals surface area contributed by atoms with Crippen LogP contribution in [0, 0.1) is 0 Å². The molecule has 0 saturated heterocycles. The molecule has 2 aromatic heterocycles. The van der Waals surface area contributed by atoms with E-state index in [4.69, 9.17) is 0 Å². The number of hydrogen-bond donors (Lipinski definition) is 1. The zero-order valence-corrected chi connectivity index (χ0v) is 11.4. The second-order valence-corrected chi connectivity index (χ2v) is 4.91. The van der Waals surface area contributed by atoms with Gasteiger partial charge in [-0.1, -0.05) is 0 Å². The van der Waals surface area contributed by atoms with Gasteiger partial charge in [0.05, 0.1) is 24.1 Å². The van der Waals surface area contributed by atoms with E-state index >= 15 is 0 Å². The summed E-state index contributed by atoms with van der Waals surface area (Å²) >= 11 is 0. The van der Waals surface area contributed by atoms with Crippen LogP contribution in [0.4, 0.5) is 5.69 Å². The van der Waals surface area contributed by atoms with Gasteiger partial charge < -0.3 is 14.8 Å². The summed E-state index contributed by atoms with van der Waals surface area (Å²) in [5.74, 6) is 1.12. The highest BCUT2D eigenvalue weighted by molar-refractivity contribution is 5.45. The summed E-state index contributed by atoms with van der Waals surface area (Å²) in [5, 5.41) is 3.20. The first kappa shape index (κ1) is 12.2. The summed E-state index contributed by atoms with van der Waals surface area (Å²) in [6.07, 6.45) is 5.87. The van der Waals surface area contributed by atoms with Crippen molar-refractivity contribution in [2.45, 2.75) is 26.1 Å². The van der Waals surface area contributed by atoms with Crippen molar-refractivity contribution < 1.29 is 0 Å². The first-order valence-electron chi connectivity index (χ1n) is 6.66. The van der Waals surface area contributed by atoms with Crippen molar-refractivity contribution in [3.05, 3.63) is 42.2 Å². The molecular formula is C14H19N5. The maximum absolute atomic E-state index is 4.54. The quantitative estimate of drug-likeness (QED) is 0.907. The normalized spacial score (nSPS) is 16.2. The van der Waals surface area contributed by atoms with Gasteiger partial charge in [-0.05, 0) is 26.1 Å². The van der Waals surface area contributed by atoms with E-state index in [1.807, 2.05) is 25.6 Å². The minimum absolute atomic E-state index is 0.286. The molecule has 19 heavy (non-hydrogen) atoms. The van der Waals surface area contributed by atoms with Crippen LogP contribution in [0.1, 0.15) is 24.5 Å². The molecule has 0 bridgehead atoms. The fourth-order valence-corrected chi connectivity index (χ4v) is 2.38. The number of imidazole rings is 1. The lowest BCUT2D eigenvalue weighted by molar-refractivity contribution is 0.559. The number of pyridine rings is 1. The molecule has 1 aliphatic heterocycles. The van der Waals surface area contributed by atoms with Crippen molar-refractivity contribution in [2.75, 3.05) is 18.5 Å². The van der Waals surface area contributed by atoms with Gasteiger partial charge in [0.25, 0.3) is 0 Å². The molecule has 0 aliphatic carbocycles. The summed E-state index contributed by atoms with van der Waals surface area (Å²) in [7, 11) is 1.95. The highest BCUT2D eigenvalue weighted by atomic mass is 15.2. The van der Waals surface area contributed by atoms with E-state index in [0.717, 1.165) is 31.2 Å². The fourth-order valence-electron chi connectivity index (χ4n) is 2.38. The van der Waals surface area contributed by atoms with Crippen LogP contribution in [0.3, 0.4) is 0 Å². The standard InChI is InChI=1S/C14H19N5/c1-11(15-2)13-4-3-12(9-17-13)19-8-7-18-6-5-16-14(18)10-19/h3-6,9,11,15H,7-8,10H2,1-2H3. The van der Waals surface area contributed by atoms with Crippen LogP contribution >= 0.6 is 0 Å². The average molecular weight is 257 g/mol. The zero-order chi connectivity index (χ0) is 13.2. The van der Waals surface area contributed by atoms with Gasteiger partial charge in [0, 0.05) is 31.5 Å². The Morgan fingerprint density at radius 1 is 1.26 bits per heavy atom. The van der Waals surface area contributed by atoms with Crippen molar-refractivity contribution in [3.63, 3.8) is 0 Å². The predicted octanol–water partition coefficient (Wildman–Crippen LogP) is 1.58. The topological polar surface area (TPSA) is 46.0 Å². The van der Waals surface area contributed by atoms with E-state index in [-0.39, 0.29) is 6.04 Å². The molecule has 1 N–H and O–H groups in total. The molecule has 1 unspecified atom stereocenters. The van der Waals surface area contributed by atoms with Crippen LogP contribution in [-0.4, -0.2) is 28.1 Å². The van der Waals surface area contributed by atoms with Crippen LogP contribution in [0.15, 0.2) is 30.7 Å². The predicted molar refractivity (Wildman–Crippen MR) is 75.0 cm³/mol. The van der Waals surface area contributed by atoms with E-state index in [9.17, 15) is 0 Å². The number of nitrogens with zero attached hydrogens (tertiary/aromatic N) is 4. The first-order valence-corrected chi connectivity index (χ1v) is 6.66. The van der Waals surface area contributed by atoms with Crippen LogP contribution in [0.2, 0.25) is 0 Å². The number of hydrogen-bond acceptors (Lipinski definition) is 4. The van der Waals surface area contributed by atoms with Gasteiger partial charge in [-0.15, -0.1) is 0 Å². The smallest absolute Gasteiger partial charge is 0.128 e. The van der Waals surface area contributed by atoms with E-state index in [1.165, 1.54) is 5.69 Å². The average Bonchev–Trinajstić information content (AvgIpc) is 2.94. The minimum Gasteiger partial charge on any atom is -0.361 e. The second kappa shape index (κ2) is 5.01. The molecule has 5 heteroatoms. The molecule has 3 heterocycles. The maximum Gasteiger partial charge on any atom is 0.128 e. The summed E-state index contributed by atoms with van der Waals surface area (Å²) in [5.41, 5.74) is 2.24. The third-order valence-corrected chi connectivity index (χ3v) is 3.76. The number of rotatable bonds is 3. The highest BCUT2D eigenvalue weighted by Crippen LogP contribution is 2.20. The van der Waals surface area contributed by atoms with Crippen LogP contribution in [0.5, 0.6) is 0 Å². The Morgan fingerprint density at radius 3 is 2.89 bits per heavy atom. The Hall–Kier alpha value is -1.88. The minimum atomic E-state index is 0.286. The van der Waals surface area contributed by atoms with Gasteiger partial charge in [-0.3, -0.25) is 4.98 Å². The molecule has 0 saturated carbocycles. The Morgan fingerprint density at radius 2 is 2.16 bits per heavy atom. The van der Waals surface area contributed by atoms with E-state index < -0.39 is 0 Å². The molecule has 1 atom stereocenters. The number of nitrogens with one attached hydrogen (secondary N) is 1. The van der Waals surface area contributed by atoms with E-state index in [2.05, 4.69) is 43.8 Å². The summed E-state index contributed by atoms with van der Waals surface area (Å²) in [6, 6.07) is 4.53. The lowest BCUT2D eigenvalue weighted by atomic mass is 10.2. The Bertz CT molecular complexity index is 545. The molecule has 1 aliphatic rings. The molecule has 100 valence electrons. The van der Waals surface area contributed by atoms with E-state index in [0.29, 0.717) is 0 Å². The second-order valence-electron chi connectivity index (χ2n) is 4.91. The van der Waals surface area contributed by atoms with Gasteiger partial charge in [0.1, 0.15) is 5.82 Å². The van der Waals surface area contributed by atoms with Gasteiger partial charge in [0.2, 0.25) is 0 Å². The van der Waals surface area contributed by atoms with Crippen LogP contribution < -0.4 is 10.2 Å². The zero-order valence-electron chi connectivity index (χ0n) is 11.4. The Balaban J connectivity index is 1.77. The van der Waals surface area contributed by atoms with Crippen molar-refractivity contribution in [1.29, 1.82) is 0 Å². The molecule has 0 fully saturated rings. The summed E-state index contributed by atoms with van der Waals surface area (Å²) in [4.78, 5) is 11.2. The summed E-state index contributed by atoms with van der Waals surface area (Å²) in [6.45, 7) is 4.96. The Labute approximate surface area is 113 Å². The van der Waals surface area contributed by atoms with Crippen molar-refractivity contribution in [3.8, 4) is 0 Å². The van der Waals surface area contributed by atoms with Crippen LogP contribution in [0.25, 0.3) is 0 Å². The summed E-state index contributed by atoms with van der Waals surface area (Å²) < 4.78 is 2.21. The van der Waals surface area contributed by atoms with Gasteiger partial charge in [-0.25, -0.2) is 4.98 Å². The van der Waals surface area contributed by atoms with Crippen molar-refractivity contribution in [1.82, 2.24) is 19.9 Å². The van der Waals surface area contributed by atoms with Gasteiger partial charge in [0.15, 0.2) is 0 Å².